The Morgan fingerprint density at radius 3 is 2.52 bits per heavy atom. The molecule has 2 rings (SSSR count). The third-order valence-electron chi connectivity index (χ3n) is 4.04. The van der Waals surface area contributed by atoms with Gasteiger partial charge in [-0.3, -0.25) is 0 Å². The number of likely N-dealkylation sites (tertiary alicyclic amines) is 1. The van der Waals surface area contributed by atoms with Gasteiger partial charge in [-0.25, -0.2) is 0 Å². The highest BCUT2D eigenvalue weighted by Crippen LogP contribution is 2.32. The number of benzene rings is 1. The Kier molecular flexibility index (Phi) is 5.28. The van der Waals surface area contributed by atoms with Gasteiger partial charge in [0.15, 0.2) is 0 Å². The molecule has 3 heteroatoms. The third kappa shape index (κ3) is 4.72. The molecule has 1 atom stereocenters. The molecule has 1 fully saturated rings. The highest BCUT2D eigenvalue weighted by Gasteiger charge is 2.21. The first-order valence-corrected chi connectivity index (χ1v) is 8.00. The topological polar surface area (TPSA) is 32.7 Å². The van der Waals surface area contributed by atoms with E-state index in [0.717, 1.165) is 25.4 Å². The van der Waals surface area contributed by atoms with Crippen molar-refractivity contribution in [2.45, 2.75) is 52.1 Å². The molecule has 1 N–H and O–H groups in total. The molecule has 1 aromatic carbocycles. The summed E-state index contributed by atoms with van der Waals surface area (Å²) < 4.78 is 5.91. The lowest BCUT2D eigenvalue weighted by Gasteiger charge is -2.25. The van der Waals surface area contributed by atoms with Crippen molar-refractivity contribution in [3.8, 4) is 5.75 Å². The second-order valence-electron chi connectivity index (χ2n) is 7.22. The van der Waals surface area contributed by atoms with Crippen LogP contribution < -0.4 is 4.74 Å². The summed E-state index contributed by atoms with van der Waals surface area (Å²) in [4.78, 5) is 2.31. The van der Waals surface area contributed by atoms with Gasteiger partial charge in [-0.1, -0.05) is 38.5 Å². The zero-order chi connectivity index (χ0) is 15.5. The van der Waals surface area contributed by atoms with Crippen molar-refractivity contribution in [2.75, 3.05) is 26.2 Å². The van der Waals surface area contributed by atoms with Crippen LogP contribution in [0.1, 0.15) is 44.7 Å². The summed E-state index contributed by atoms with van der Waals surface area (Å²) in [6.07, 6.45) is 2.08. The molecule has 0 bridgehead atoms. The van der Waals surface area contributed by atoms with Gasteiger partial charge in [-0.05, 0) is 49.9 Å². The van der Waals surface area contributed by atoms with Gasteiger partial charge in [0.25, 0.3) is 0 Å². The van der Waals surface area contributed by atoms with E-state index >= 15 is 0 Å². The number of hydrogen-bond donors (Lipinski definition) is 1. The summed E-state index contributed by atoms with van der Waals surface area (Å²) in [6.45, 7) is 12.0. The molecule has 0 unspecified atom stereocenters. The van der Waals surface area contributed by atoms with Gasteiger partial charge in [0.05, 0.1) is 0 Å². The van der Waals surface area contributed by atoms with Crippen LogP contribution in [0.2, 0.25) is 0 Å². The molecule has 0 spiro atoms. The average Bonchev–Trinajstić information content (AvgIpc) is 2.89. The molecular formula is C18H29NO2. The molecule has 1 aromatic rings. The minimum absolute atomic E-state index is 0.0429. The number of rotatable bonds is 5. The number of nitrogens with zero attached hydrogens (tertiary/aromatic N) is 1. The van der Waals surface area contributed by atoms with Crippen molar-refractivity contribution >= 4 is 0 Å². The fourth-order valence-electron chi connectivity index (χ4n) is 2.86. The number of aryl methyl sites for hydroxylation is 1. The fraction of sp³-hybridized carbons (Fsp3) is 0.667. The quantitative estimate of drug-likeness (QED) is 0.904. The lowest BCUT2D eigenvalue weighted by atomic mass is 9.85. The second-order valence-corrected chi connectivity index (χ2v) is 7.22. The number of β-amino-alcohol motifs (C(OH)–C–C–N with tert-alkyl or cyclic N) is 1. The zero-order valence-electron chi connectivity index (χ0n) is 13.9. The number of ether oxygens (including phenoxy) is 1. The van der Waals surface area contributed by atoms with E-state index in [1.54, 1.807) is 0 Å². The van der Waals surface area contributed by atoms with Gasteiger partial charge in [0.1, 0.15) is 18.5 Å². The third-order valence-corrected chi connectivity index (χ3v) is 4.04. The zero-order valence-corrected chi connectivity index (χ0v) is 13.9. The molecule has 118 valence electrons. The van der Waals surface area contributed by atoms with Gasteiger partial charge in [0.2, 0.25) is 0 Å². The standard InChI is InChI=1S/C18H29NO2/c1-14-7-8-17(16(11-14)18(2,3)4)21-13-15(20)12-19-9-5-6-10-19/h7-8,11,15,20H,5-6,9-10,12-13H2,1-4H3/t15-/m0/s1. The van der Waals surface area contributed by atoms with E-state index in [0.29, 0.717) is 6.61 Å². The van der Waals surface area contributed by atoms with Crippen LogP contribution >= 0.6 is 0 Å². The van der Waals surface area contributed by atoms with Gasteiger partial charge in [0, 0.05) is 6.54 Å². The van der Waals surface area contributed by atoms with E-state index in [4.69, 9.17) is 4.74 Å². The first-order chi connectivity index (χ1) is 9.86. The fourth-order valence-corrected chi connectivity index (χ4v) is 2.86. The Labute approximate surface area is 128 Å². The van der Waals surface area contributed by atoms with Gasteiger partial charge >= 0.3 is 0 Å². The smallest absolute Gasteiger partial charge is 0.123 e. The molecule has 3 nitrogen and oxygen atoms in total. The Balaban J connectivity index is 1.96. The summed E-state index contributed by atoms with van der Waals surface area (Å²) in [6, 6.07) is 6.28. The van der Waals surface area contributed by atoms with Crippen molar-refractivity contribution < 1.29 is 9.84 Å². The van der Waals surface area contributed by atoms with Gasteiger partial charge in [-0.2, -0.15) is 0 Å². The lowest BCUT2D eigenvalue weighted by Crippen LogP contribution is -2.34. The highest BCUT2D eigenvalue weighted by molar-refractivity contribution is 5.41. The number of aliphatic hydroxyl groups excluding tert-OH is 1. The maximum absolute atomic E-state index is 10.2. The summed E-state index contributed by atoms with van der Waals surface area (Å²) in [5, 5.41) is 10.2. The van der Waals surface area contributed by atoms with Crippen LogP contribution in [0.4, 0.5) is 0 Å². The first-order valence-electron chi connectivity index (χ1n) is 8.00. The van der Waals surface area contributed by atoms with Crippen LogP contribution in [-0.4, -0.2) is 42.4 Å². The van der Waals surface area contributed by atoms with Crippen LogP contribution in [-0.2, 0) is 5.41 Å². The molecule has 0 amide bonds. The normalized spacial score (nSPS) is 18.0. The average molecular weight is 291 g/mol. The van der Waals surface area contributed by atoms with Crippen LogP contribution in [0.15, 0.2) is 18.2 Å². The summed E-state index contributed by atoms with van der Waals surface area (Å²) in [5.41, 5.74) is 2.49. The molecule has 1 saturated heterocycles. The molecule has 1 aliphatic rings. The van der Waals surface area contributed by atoms with E-state index in [1.807, 2.05) is 6.07 Å². The Morgan fingerprint density at radius 1 is 1.24 bits per heavy atom. The van der Waals surface area contributed by atoms with Crippen LogP contribution in [0.5, 0.6) is 5.75 Å². The monoisotopic (exact) mass is 291 g/mol. The minimum Gasteiger partial charge on any atom is -0.491 e. The number of aliphatic hydroxyl groups is 1. The van der Waals surface area contributed by atoms with Crippen molar-refractivity contribution in [3.63, 3.8) is 0 Å². The Morgan fingerprint density at radius 2 is 1.90 bits per heavy atom. The van der Waals surface area contributed by atoms with Crippen LogP contribution in [0, 0.1) is 6.92 Å². The molecule has 1 aliphatic heterocycles. The van der Waals surface area contributed by atoms with E-state index in [2.05, 4.69) is 44.7 Å². The maximum atomic E-state index is 10.2. The first kappa shape index (κ1) is 16.3. The van der Waals surface area contributed by atoms with E-state index in [9.17, 15) is 5.11 Å². The summed E-state index contributed by atoms with van der Waals surface area (Å²) in [7, 11) is 0. The highest BCUT2D eigenvalue weighted by atomic mass is 16.5. The summed E-state index contributed by atoms with van der Waals surface area (Å²) in [5.74, 6) is 0.897. The molecule has 21 heavy (non-hydrogen) atoms. The maximum Gasteiger partial charge on any atom is 0.123 e. The second kappa shape index (κ2) is 6.80. The van der Waals surface area contributed by atoms with E-state index in [-0.39, 0.29) is 5.41 Å². The molecule has 0 aliphatic carbocycles. The largest absolute Gasteiger partial charge is 0.491 e. The predicted molar refractivity (Wildman–Crippen MR) is 87.1 cm³/mol. The minimum atomic E-state index is -0.419. The van der Waals surface area contributed by atoms with Crippen LogP contribution in [0.3, 0.4) is 0 Å². The van der Waals surface area contributed by atoms with Crippen molar-refractivity contribution in [2.24, 2.45) is 0 Å². The van der Waals surface area contributed by atoms with Gasteiger partial charge < -0.3 is 14.7 Å². The molecular weight excluding hydrogens is 262 g/mol. The van der Waals surface area contributed by atoms with Crippen molar-refractivity contribution in [3.05, 3.63) is 29.3 Å². The summed E-state index contributed by atoms with van der Waals surface area (Å²) >= 11 is 0. The van der Waals surface area contributed by atoms with E-state index in [1.165, 1.54) is 24.0 Å². The number of hydrogen-bond acceptors (Lipinski definition) is 3. The van der Waals surface area contributed by atoms with E-state index < -0.39 is 6.10 Å². The Hall–Kier alpha value is -1.06. The lowest BCUT2D eigenvalue weighted by molar-refractivity contribution is 0.0751. The van der Waals surface area contributed by atoms with Crippen molar-refractivity contribution in [1.82, 2.24) is 4.90 Å². The molecule has 0 aromatic heterocycles. The molecule has 1 heterocycles. The van der Waals surface area contributed by atoms with Gasteiger partial charge in [-0.15, -0.1) is 0 Å². The predicted octanol–water partition coefficient (Wildman–Crippen LogP) is 3.13. The van der Waals surface area contributed by atoms with Crippen LogP contribution in [0.25, 0.3) is 0 Å². The molecule has 0 saturated carbocycles. The molecule has 0 radical (unpaired) electrons. The Bertz CT molecular complexity index is 459. The SMILES string of the molecule is Cc1ccc(OC[C@@H](O)CN2CCCC2)c(C(C)(C)C)c1. The van der Waals surface area contributed by atoms with Crippen molar-refractivity contribution in [1.29, 1.82) is 0 Å².